The number of rotatable bonds is 2. The summed E-state index contributed by atoms with van der Waals surface area (Å²) in [6.45, 7) is 6.24. The Kier molecular flexibility index (Phi) is 7.28. The molecule has 0 bridgehead atoms. The van der Waals surface area contributed by atoms with Gasteiger partial charge in [-0.1, -0.05) is 24.3 Å². The molecule has 0 aromatic heterocycles. The predicted octanol–water partition coefficient (Wildman–Crippen LogP) is 7.98. The lowest BCUT2D eigenvalue weighted by atomic mass is 9.92. The van der Waals surface area contributed by atoms with Gasteiger partial charge in [0.15, 0.2) is 0 Å². The second-order valence-electron chi connectivity index (χ2n) is 10.2. The Balaban J connectivity index is 0.000000155. The van der Waals surface area contributed by atoms with Gasteiger partial charge in [-0.3, -0.25) is 0 Å². The molecule has 196 valence electrons. The summed E-state index contributed by atoms with van der Waals surface area (Å²) in [5, 5.41) is 19.0. The molecular weight excluding hydrogens is 479 g/mol. The Labute approximate surface area is 223 Å². The van der Waals surface area contributed by atoms with Crippen LogP contribution in [0.25, 0.3) is 0 Å². The van der Waals surface area contributed by atoms with Crippen LogP contribution in [-0.2, 0) is 12.8 Å². The van der Waals surface area contributed by atoms with Gasteiger partial charge in [0.1, 0.15) is 41.0 Å². The quantitative estimate of drug-likeness (QED) is 0.286. The fourth-order valence-electron chi connectivity index (χ4n) is 5.47. The van der Waals surface area contributed by atoms with Gasteiger partial charge in [-0.25, -0.2) is 4.39 Å². The van der Waals surface area contributed by atoms with Crippen molar-refractivity contribution < 1.29 is 24.1 Å². The van der Waals surface area contributed by atoms with Gasteiger partial charge in [0.25, 0.3) is 0 Å². The first kappa shape index (κ1) is 25.7. The lowest BCUT2D eigenvalue weighted by Crippen LogP contribution is -2.17. The van der Waals surface area contributed by atoms with Crippen LogP contribution in [0.4, 0.5) is 4.39 Å². The fraction of sp³-hybridized carbons (Fsp3) is 0.273. The topological polar surface area (TPSA) is 58.9 Å². The third-order valence-electron chi connectivity index (χ3n) is 7.43. The zero-order chi connectivity index (χ0) is 26.8. The summed E-state index contributed by atoms with van der Waals surface area (Å²) in [5.74, 6) is 2.01. The number of benzene rings is 4. The normalized spacial score (nSPS) is 17.7. The zero-order valence-electron chi connectivity index (χ0n) is 22.0. The van der Waals surface area contributed by atoms with Crippen LogP contribution in [0, 0.1) is 26.6 Å². The zero-order valence-corrected chi connectivity index (χ0v) is 22.0. The third kappa shape index (κ3) is 5.47. The first-order valence-electron chi connectivity index (χ1n) is 13.1. The molecule has 0 saturated heterocycles. The Morgan fingerprint density at radius 3 is 1.82 bits per heavy atom. The predicted molar refractivity (Wildman–Crippen MR) is 147 cm³/mol. The van der Waals surface area contributed by atoms with E-state index in [-0.39, 0.29) is 23.8 Å². The molecule has 2 heterocycles. The van der Waals surface area contributed by atoms with E-state index in [4.69, 9.17) is 9.47 Å². The van der Waals surface area contributed by atoms with Crippen molar-refractivity contribution in [3.8, 4) is 23.0 Å². The van der Waals surface area contributed by atoms with E-state index >= 15 is 0 Å². The summed E-state index contributed by atoms with van der Waals surface area (Å²) in [7, 11) is 0. The van der Waals surface area contributed by atoms with Crippen LogP contribution in [0.1, 0.15) is 64.0 Å². The molecule has 0 radical (unpaired) electrons. The summed E-state index contributed by atoms with van der Waals surface area (Å²) < 4.78 is 25.4. The number of aromatic hydroxyl groups is 2. The number of halogens is 1. The van der Waals surface area contributed by atoms with E-state index in [2.05, 4.69) is 32.0 Å². The van der Waals surface area contributed by atoms with Gasteiger partial charge in [-0.05, 0) is 134 Å². The van der Waals surface area contributed by atoms with E-state index in [1.807, 2.05) is 13.0 Å². The van der Waals surface area contributed by atoms with Crippen molar-refractivity contribution in [2.24, 2.45) is 0 Å². The summed E-state index contributed by atoms with van der Waals surface area (Å²) in [6.07, 6.45) is 3.53. The van der Waals surface area contributed by atoms with Gasteiger partial charge in [-0.2, -0.15) is 0 Å². The molecule has 38 heavy (non-hydrogen) atoms. The molecule has 4 aromatic rings. The minimum Gasteiger partial charge on any atom is -0.508 e. The average molecular weight is 513 g/mol. The summed E-state index contributed by atoms with van der Waals surface area (Å²) in [4.78, 5) is 0. The minimum atomic E-state index is -0.235. The largest absolute Gasteiger partial charge is 0.508 e. The number of phenolic OH excluding ortho intramolecular Hbond substituents is 2. The van der Waals surface area contributed by atoms with E-state index in [1.165, 1.54) is 22.8 Å². The van der Waals surface area contributed by atoms with Crippen LogP contribution < -0.4 is 9.47 Å². The third-order valence-corrected chi connectivity index (χ3v) is 7.43. The van der Waals surface area contributed by atoms with E-state index in [0.717, 1.165) is 59.4 Å². The number of ether oxygens (including phenoxy) is 2. The van der Waals surface area contributed by atoms with Gasteiger partial charge in [0.2, 0.25) is 0 Å². The Bertz CT molecular complexity index is 1440. The molecule has 2 atom stereocenters. The Morgan fingerprint density at radius 1 is 0.658 bits per heavy atom. The lowest BCUT2D eigenvalue weighted by Gasteiger charge is -2.28. The van der Waals surface area contributed by atoms with Crippen molar-refractivity contribution >= 4 is 0 Å². The highest BCUT2D eigenvalue weighted by molar-refractivity contribution is 5.44. The van der Waals surface area contributed by atoms with Crippen molar-refractivity contribution in [2.45, 2.75) is 58.7 Å². The molecule has 0 fully saturated rings. The van der Waals surface area contributed by atoms with Crippen LogP contribution in [0.5, 0.6) is 23.0 Å². The standard InChI is InChI=1S/C17H18O2.C16H15FO2/c1-11-4-3-5-12(2)17(11)16-8-6-13-10-14(18)7-9-15(13)19-16;1-10-2-4-12(17)9-14(10)16-6-3-11-8-13(18)5-7-15(11)19-16/h3-5,7,9-10,16,18H,6,8H2,1-2H3;2,4-5,7-9,16,18H,3,6H2,1H3. The molecule has 0 aliphatic carbocycles. The van der Waals surface area contributed by atoms with Gasteiger partial charge in [0.05, 0.1) is 0 Å². The lowest BCUT2D eigenvalue weighted by molar-refractivity contribution is 0.175. The molecular formula is C33H33FO4. The van der Waals surface area contributed by atoms with Gasteiger partial charge in [-0.15, -0.1) is 0 Å². The molecule has 4 aromatic carbocycles. The highest BCUT2D eigenvalue weighted by Crippen LogP contribution is 2.39. The van der Waals surface area contributed by atoms with Crippen molar-refractivity contribution in [3.63, 3.8) is 0 Å². The molecule has 5 heteroatoms. The SMILES string of the molecule is Cc1ccc(F)cc1C1CCc2cc(O)ccc2O1.Cc1cccc(C)c1C1CCc2cc(O)ccc2O1. The van der Waals surface area contributed by atoms with Crippen LogP contribution in [0.3, 0.4) is 0 Å². The molecule has 4 nitrogen and oxygen atoms in total. The second kappa shape index (κ2) is 10.8. The van der Waals surface area contributed by atoms with Crippen molar-refractivity contribution in [1.82, 2.24) is 0 Å². The van der Waals surface area contributed by atoms with Crippen LogP contribution >= 0.6 is 0 Å². The first-order chi connectivity index (χ1) is 18.3. The number of hydrogen-bond acceptors (Lipinski definition) is 4. The van der Waals surface area contributed by atoms with Crippen LogP contribution in [0.15, 0.2) is 72.8 Å². The van der Waals surface area contributed by atoms with Crippen LogP contribution in [0.2, 0.25) is 0 Å². The number of hydrogen-bond donors (Lipinski definition) is 2. The minimum absolute atomic E-state index is 0.118. The number of fused-ring (bicyclic) bond motifs is 2. The van der Waals surface area contributed by atoms with E-state index in [9.17, 15) is 14.6 Å². The average Bonchev–Trinajstić information content (AvgIpc) is 2.90. The van der Waals surface area contributed by atoms with Gasteiger partial charge >= 0.3 is 0 Å². The summed E-state index contributed by atoms with van der Waals surface area (Å²) in [5.41, 5.74) is 7.92. The van der Waals surface area contributed by atoms with E-state index in [0.29, 0.717) is 5.75 Å². The highest BCUT2D eigenvalue weighted by Gasteiger charge is 2.25. The Morgan fingerprint density at radius 2 is 1.21 bits per heavy atom. The molecule has 0 spiro atoms. The van der Waals surface area contributed by atoms with Crippen LogP contribution in [-0.4, -0.2) is 10.2 Å². The maximum atomic E-state index is 13.4. The first-order valence-corrected chi connectivity index (χ1v) is 13.1. The fourth-order valence-corrected chi connectivity index (χ4v) is 5.47. The van der Waals surface area contributed by atoms with Gasteiger partial charge < -0.3 is 19.7 Å². The molecule has 2 N–H and O–H groups in total. The smallest absolute Gasteiger partial charge is 0.125 e. The number of aryl methyl sites for hydroxylation is 5. The summed E-state index contributed by atoms with van der Waals surface area (Å²) in [6, 6.07) is 21.6. The molecule has 6 rings (SSSR count). The molecule has 0 saturated carbocycles. The Hall–Kier alpha value is -3.99. The molecule has 2 unspecified atom stereocenters. The molecule has 2 aliphatic rings. The monoisotopic (exact) mass is 512 g/mol. The van der Waals surface area contributed by atoms with E-state index in [1.54, 1.807) is 42.5 Å². The van der Waals surface area contributed by atoms with Crippen molar-refractivity contribution in [2.75, 3.05) is 0 Å². The van der Waals surface area contributed by atoms with Crippen molar-refractivity contribution in [1.29, 1.82) is 0 Å². The maximum Gasteiger partial charge on any atom is 0.125 e. The number of phenols is 2. The maximum absolute atomic E-state index is 13.4. The summed E-state index contributed by atoms with van der Waals surface area (Å²) >= 11 is 0. The van der Waals surface area contributed by atoms with Crippen molar-refractivity contribution in [3.05, 3.63) is 118 Å². The molecule has 0 amide bonds. The van der Waals surface area contributed by atoms with E-state index < -0.39 is 0 Å². The highest BCUT2D eigenvalue weighted by atomic mass is 19.1. The second-order valence-corrected chi connectivity index (χ2v) is 10.2. The molecule has 2 aliphatic heterocycles. The van der Waals surface area contributed by atoms with Gasteiger partial charge in [0, 0.05) is 0 Å².